The van der Waals surface area contributed by atoms with Gasteiger partial charge in [0.25, 0.3) is 0 Å². The zero-order valence-electron chi connectivity index (χ0n) is 18.3. The van der Waals surface area contributed by atoms with E-state index in [2.05, 4.69) is 41.3 Å². The summed E-state index contributed by atoms with van der Waals surface area (Å²) < 4.78 is 11.7. The Morgan fingerprint density at radius 3 is 2.71 bits per heavy atom. The van der Waals surface area contributed by atoms with Crippen LogP contribution >= 0.6 is 0 Å². The lowest BCUT2D eigenvalue weighted by atomic mass is 9.86. The Labute approximate surface area is 185 Å². The predicted molar refractivity (Wildman–Crippen MR) is 123 cm³/mol. The third-order valence-electron chi connectivity index (χ3n) is 6.37. The molecule has 3 saturated heterocycles. The molecule has 0 amide bonds. The van der Waals surface area contributed by atoms with Gasteiger partial charge in [0.05, 0.1) is 45.5 Å². The fourth-order valence-corrected chi connectivity index (χ4v) is 4.92. The number of aromatic nitrogens is 3. The van der Waals surface area contributed by atoms with Gasteiger partial charge >= 0.3 is 0 Å². The van der Waals surface area contributed by atoms with E-state index in [4.69, 9.17) is 19.9 Å². The lowest BCUT2D eigenvalue weighted by Gasteiger charge is -2.36. The zero-order valence-corrected chi connectivity index (χ0v) is 18.3. The molecule has 3 aliphatic heterocycles. The van der Waals surface area contributed by atoms with Crippen LogP contribution in [-0.2, 0) is 9.47 Å². The molecule has 2 aromatic rings. The molecule has 3 unspecified atom stereocenters. The second-order valence-corrected chi connectivity index (χ2v) is 8.31. The van der Waals surface area contributed by atoms with Crippen molar-refractivity contribution < 1.29 is 9.47 Å². The number of ether oxygens (including phenoxy) is 2. The van der Waals surface area contributed by atoms with Crippen molar-refractivity contribution in [1.29, 1.82) is 5.41 Å². The number of hydrogen-bond donors (Lipinski definition) is 3. The zero-order chi connectivity index (χ0) is 21.8. The average molecular weight is 422 g/mol. The van der Waals surface area contributed by atoms with Crippen LogP contribution in [0.15, 0.2) is 18.3 Å². The molecular weight excluding hydrogens is 391 g/mol. The van der Waals surface area contributed by atoms with Crippen LogP contribution in [0, 0.1) is 5.41 Å². The van der Waals surface area contributed by atoms with Gasteiger partial charge in [0, 0.05) is 24.4 Å². The van der Waals surface area contributed by atoms with Crippen LogP contribution in [0.4, 0.5) is 17.5 Å². The second-order valence-electron chi connectivity index (χ2n) is 8.31. The summed E-state index contributed by atoms with van der Waals surface area (Å²) in [6, 6.07) is 4.34. The maximum absolute atomic E-state index is 8.15. The fraction of sp³-hybridized carbons (Fsp3) is 0.591. The van der Waals surface area contributed by atoms with E-state index in [1.54, 1.807) is 6.20 Å². The molecule has 3 fully saturated rings. The summed E-state index contributed by atoms with van der Waals surface area (Å²) in [5.41, 5.74) is 2.06. The first-order chi connectivity index (χ1) is 15.2. The summed E-state index contributed by atoms with van der Waals surface area (Å²) in [7, 11) is 4.50. The number of fused-ring (bicyclic) bond motifs is 2. The molecule has 0 saturated carbocycles. The Morgan fingerprint density at radius 1 is 1.29 bits per heavy atom. The Bertz CT molecular complexity index is 865. The van der Waals surface area contributed by atoms with Gasteiger partial charge in [-0.2, -0.15) is 5.10 Å². The van der Waals surface area contributed by atoms with Crippen molar-refractivity contribution in [2.24, 2.45) is 0 Å². The van der Waals surface area contributed by atoms with Gasteiger partial charge in [0.15, 0.2) is 0 Å². The minimum absolute atomic E-state index is 0.265. The van der Waals surface area contributed by atoms with Crippen LogP contribution < -0.4 is 10.2 Å². The van der Waals surface area contributed by atoms with Crippen LogP contribution in [0.3, 0.4) is 0 Å². The van der Waals surface area contributed by atoms with Crippen molar-refractivity contribution in [1.82, 2.24) is 15.2 Å². The molecular formula is C22H31BN6O2. The smallest absolute Gasteiger partial charge is 0.143 e. The fourth-order valence-electron chi connectivity index (χ4n) is 4.92. The van der Waals surface area contributed by atoms with Gasteiger partial charge in [-0.3, -0.25) is 5.10 Å². The standard InChI is InChI=1S/C21H28N6O2.CH3B/c1-13-12-28-7-6-27(13)20-10-17(14-8-15-2-3-16(9-14)29-15)18(11-22)21(25-20)24-19-4-5-23-26-19;1-2/h4-5,10-11,13-16,22H,2-3,6-9,12H2,1H3,(H2,23,24,25,26);1H3/t13?,14?,15-,16?;/m0./s1. The van der Waals surface area contributed by atoms with E-state index in [0.29, 0.717) is 37.2 Å². The summed E-state index contributed by atoms with van der Waals surface area (Å²) in [5.74, 6) is 2.81. The minimum Gasteiger partial charge on any atom is -0.377 e. The molecule has 31 heavy (non-hydrogen) atoms. The number of morpholine rings is 1. The molecule has 2 bridgehead atoms. The predicted octanol–water partition coefficient (Wildman–Crippen LogP) is 3.40. The van der Waals surface area contributed by atoms with E-state index in [1.807, 2.05) is 6.07 Å². The van der Waals surface area contributed by atoms with Crippen molar-refractivity contribution in [2.45, 2.75) is 63.6 Å². The molecule has 4 atom stereocenters. The Hall–Kier alpha value is -2.39. The van der Waals surface area contributed by atoms with Crippen molar-refractivity contribution in [3.63, 3.8) is 0 Å². The van der Waals surface area contributed by atoms with Crippen molar-refractivity contribution in [2.75, 3.05) is 30.0 Å². The van der Waals surface area contributed by atoms with E-state index < -0.39 is 0 Å². The third-order valence-corrected chi connectivity index (χ3v) is 6.37. The average Bonchev–Trinajstić information content (AvgIpc) is 3.43. The topological polar surface area (TPSA) is 99.1 Å². The number of hydrogen-bond acceptors (Lipinski definition) is 7. The molecule has 0 aliphatic carbocycles. The number of anilines is 3. The normalized spacial score (nSPS) is 27.4. The largest absolute Gasteiger partial charge is 0.377 e. The van der Waals surface area contributed by atoms with Crippen LogP contribution in [0.5, 0.6) is 0 Å². The molecule has 2 aromatic heterocycles. The number of rotatable bonds is 5. The second kappa shape index (κ2) is 9.83. The number of pyridine rings is 1. The van der Waals surface area contributed by atoms with E-state index in [9.17, 15) is 0 Å². The lowest BCUT2D eigenvalue weighted by molar-refractivity contribution is -0.00381. The molecule has 5 rings (SSSR count). The van der Waals surface area contributed by atoms with Crippen molar-refractivity contribution >= 4 is 31.5 Å². The minimum atomic E-state index is 0.265. The first kappa shape index (κ1) is 21.8. The quantitative estimate of drug-likeness (QED) is 0.505. The number of H-pyrrole nitrogens is 1. The summed E-state index contributed by atoms with van der Waals surface area (Å²) in [5, 5.41) is 18.5. The molecule has 0 spiro atoms. The Morgan fingerprint density at radius 2 is 2.06 bits per heavy atom. The number of nitrogens with zero attached hydrogens (tertiary/aromatic N) is 3. The van der Waals surface area contributed by atoms with Crippen molar-refractivity contribution in [3.8, 4) is 0 Å². The van der Waals surface area contributed by atoms with E-state index in [1.165, 1.54) is 18.6 Å². The molecule has 8 nitrogen and oxygen atoms in total. The van der Waals surface area contributed by atoms with Crippen molar-refractivity contribution in [3.05, 3.63) is 29.5 Å². The summed E-state index contributed by atoms with van der Waals surface area (Å²) in [6.45, 7) is 5.90. The first-order valence-electron chi connectivity index (χ1n) is 11.1. The highest BCUT2D eigenvalue weighted by Crippen LogP contribution is 2.43. The summed E-state index contributed by atoms with van der Waals surface area (Å²) in [6.07, 6.45) is 8.17. The molecule has 5 heterocycles. The molecule has 9 heteroatoms. The molecule has 2 radical (unpaired) electrons. The molecule has 164 valence electrons. The molecule has 0 aromatic carbocycles. The van der Waals surface area contributed by atoms with Gasteiger partial charge in [0.2, 0.25) is 0 Å². The maximum Gasteiger partial charge on any atom is 0.143 e. The van der Waals surface area contributed by atoms with E-state index >= 15 is 0 Å². The van der Waals surface area contributed by atoms with Gasteiger partial charge < -0.3 is 25.1 Å². The summed E-state index contributed by atoms with van der Waals surface area (Å²) >= 11 is 0. The van der Waals surface area contributed by atoms with Crippen LogP contribution in [0.2, 0.25) is 6.82 Å². The maximum atomic E-state index is 8.15. The van der Waals surface area contributed by atoms with Gasteiger partial charge in [-0.05, 0) is 50.2 Å². The van der Waals surface area contributed by atoms with Crippen LogP contribution in [0.1, 0.15) is 49.7 Å². The van der Waals surface area contributed by atoms with Gasteiger partial charge in [0.1, 0.15) is 17.5 Å². The monoisotopic (exact) mass is 422 g/mol. The highest BCUT2D eigenvalue weighted by molar-refractivity contribution is 6.05. The van der Waals surface area contributed by atoms with E-state index in [-0.39, 0.29) is 6.04 Å². The van der Waals surface area contributed by atoms with Gasteiger partial charge in [-0.25, -0.2) is 4.98 Å². The molecule has 3 N–H and O–H groups in total. The number of nitrogens with one attached hydrogen (secondary N) is 3. The Kier molecular flexibility index (Phi) is 6.92. The lowest BCUT2D eigenvalue weighted by Crippen LogP contribution is -2.44. The third kappa shape index (κ3) is 4.62. The highest BCUT2D eigenvalue weighted by Gasteiger charge is 2.37. The number of aromatic amines is 1. The van der Waals surface area contributed by atoms with Crippen LogP contribution in [0.25, 0.3) is 0 Å². The van der Waals surface area contributed by atoms with Crippen LogP contribution in [-0.4, -0.2) is 67.3 Å². The van der Waals surface area contributed by atoms with Gasteiger partial charge in [-0.1, -0.05) is 6.82 Å². The first-order valence-corrected chi connectivity index (χ1v) is 11.1. The molecule has 3 aliphatic rings. The Balaban J connectivity index is 0.00000112. The highest BCUT2D eigenvalue weighted by atomic mass is 16.5. The SMILES string of the molecule is CC1COCCN1c1cc(C2CC3CC[C@@H](C2)O3)c(C=N)c(Nc2ccn[nH]2)n1.[B]C. The van der Waals surface area contributed by atoms with E-state index in [0.717, 1.165) is 49.4 Å². The van der Waals surface area contributed by atoms with Gasteiger partial charge in [-0.15, -0.1) is 0 Å². The summed E-state index contributed by atoms with van der Waals surface area (Å²) in [4.78, 5) is 7.24.